The lowest BCUT2D eigenvalue weighted by atomic mass is 10.2. The average Bonchev–Trinajstić information content (AvgIpc) is 3.07. The molecule has 7 nitrogen and oxygen atoms in total. The standard InChI is InChI=1S/C17H24N4O3S/c1-14(17-6-7-20(2)19-17)18-13-15-4-3-5-16(12-15)25(22,23)21-8-10-24-11-9-21/h3-7,12,14,18H,8-11,13H2,1-2H3/t14-/m0/s1. The molecule has 1 aromatic carbocycles. The number of sulfonamides is 1. The van der Waals surface area contributed by atoms with Gasteiger partial charge in [-0.05, 0) is 30.7 Å². The zero-order valence-corrected chi connectivity index (χ0v) is 15.4. The van der Waals surface area contributed by atoms with E-state index in [0.717, 1.165) is 11.3 Å². The van der Waals surface area contributed by atoms with Crippen LogP contribution in [0.15, 0.2) is 41.4 Å². The van der Waals surface area contributed by atoms with Crippen molar-refractivity contribution in [2.75, 3.05) is 26.3 Å². The number of aryl methyl sites for hydroxylation is 1. The fourth-order valence-corrected chi connectivity index (χ4v) is 4.27. The van der Waals surface area contributed by atoms with Crippen molar-refractivity contribution in [3.05, 3.63) is 47.8 Å². The van der Waals surface area contributed by atoms with E-state index in [1.165, 1.54) is 4.31 Å². The Hall–Kier alpha value is -1.74. The summed E-state index contributed by atoms with van der Waals surface area (Å²) in [5, 5.41) is 7.76. The lowest BCUT2D eigenvalue weighted by molar-refractivity contribution is 0.0730. The number of hydrogen-bond acceptors (Lipinski definition) is 5. The molecule has 1 atom stereocenters. The molecule has 25 heavy (non-hydrogen) atoms. The molecule has 2 aromatic rings. The summed E-state index contributed by atoms with van der Waals surface area (Å²) in [6.07, 6.45) is 1.91. The highest BCUT2D eigenvalue weighted by molar-refractivity contribution is 7.89. The van der Waals surface area contributed by atoms with Crippen molar-refractivity contribution in [1.82, 2.24) is 19.4 Å². The van der Waals surface area contributed by atoms with Crippen molar-refractivity contribution in [3.8, 4) is 0 Å². The minimum Gasteiger partial charge on any atom is -0.379 e. The summed E-state index contributed by atoms with van der Waals surface area (Å²) >= 11 is 0. The first-order valence-corrected chi connectivity index (χ1v) is 9.80. The molecule has 3 rings (SSSR count). The number of ether oxygens (including phenoxy) is 1. The zero-order valence-electron chi connectivity index (χ0n) is 14.6. The lowest BCUT2D eigenvalue weighted by Crippen LogP contribution is -2.40. The van der Waals surface area contributed by atoms with E-state index in [1.54, 1.807) is 22.9 Å². The van der Waals surface area contributed by atoms with E-state index in [1.807, 2.05) is 32.3 Å². The third-order valence-electron chi connectivity index (χ3n) is 4.30. The Morgan fingerprint density at radius 1 is 1.28 bits per heavy atom. The summed E-state index contributed by atoms with van der Waals surface area (Å²) in [4.78, 5) is 0.333. The van der Waals surface area contributed by atoms with Gasteiger partial charge in [0.05, 0.1) is 23.8 Å². The van der Waals surface area contributed by atoms with Crippen molar-refractivity contribution in [1.29, 1.82) is 0 Å². The Bertz CT molecular complexity index is 813. The number of nitrogens with one attached hydrogen (secondary N) is 1. The Morgan fingerprint density at radius 2 is 2.04 bits per heavy atom. The van der Waals surface area contributed by atoms with Crippen LogP contribution in [0.2, 0.25) is 0 Å². The minimum absolute atomic E-state index is 0.0840. The second-order valence-corrected chi connectivity index (χ2v) is 8.12. The molecule has 0 saturated carbocycles. The molecule has 1 saturated heterocycles. The molecular formula is C17H24N4O3S. The maximum Gasteiger partial charge on any atom is 0.243 e. The van der Waals surface area contributed by atoms with E-state index in [-0.39, 0.29) is 6.04 Å². The van der Waals surface area contributed by atoms with Crippen LogP contribution in [-0.4, -0.2) is 48.8 Å². The van der Waals surface area contributed by atoms with E-state index in [2.05, 4.69) is 10.4 Å². The Kier molecular flexibility index (Phi) is 5.53. The number of rotatable bonds is 6. The molecule has 0 aliphatic carbocycles. The van der Waals surface area contributed by atoms with Crippen LogP contribution >= 0.6 is 0 Å². The largest absolute Gasteiger partial charge is 0.379 e. The molecule has 1 aromatic heterocycles. The van der Waals surface area contributed by atoms with Crippen molar-refractivity contribution >= 4 is 10.0 Å². The van der Waals surface area contributed by atoms with E-state index >= 15 is 0 Å². The quantitative estimate of drug-likeness (QED) is 0.836. The first kappa shape index (κ1) is 18.1. The van der Waals surface area contributed by atoms with Gasteiger partial charge < -0.3 is 10.1 Å². The molecule has 2 heterocycles. The number of nitrogens with zero attached hydrogens (tertiary/aromatic N) is 3. The van der Waals surface area contributed by atoms with Gasteiger partial charge in [-0.25, -0.2) is 8.42 Å². The van der Waals surface area contributed by atoms with Gasteiger partial charge in [0.2, 0.25) is 10.0 Å². The van der Waals surface area contributed by atoms with Crippen LogP contribution in [0.1, 0.15) is 24.2 Å². The van der Waals surface area contributed by atoms with Crippen LogP contribution in [0.4, 0.5) is 0 Å². The van der Waals surface area contributed by atoms with Crippen LogP contribution in [0.25, 0.3) is 0 Å². The fourth-order valence-electron chi connectivity index (χ4n) is 2.79. The molecule has 1 N–H and O–H groups in total. The number of aromatic nitrogens is 2. The van der Waals surface area contributed by atoms with Gasteiger partial charge in [0.15, 0.2) is 0 Å². The lowest BCUT2D eigenvalue weighted by Gasteiger charge is -2.26. The molecule has 0 radical (unpaired) electrons. The first-order valence-electron chi connectivity index (χ1n) is 8.36. The van der Waals surface area contributed by atoms with Crippen LogP contribution in [0.5, 0.6) is 0 Å². The fraction of sp³-hybridized carbons (Fsp3) is 0.471. The highest BCUT2D eigenvalue weighted by Gasteiger charge is 2.26. The SMILES string of the molecule is C[C@H](NCc1cccc(S(=O)(=O)N2CCOCC2)c1)c1ccn(C)n1. The molecular weight excluding hydrogens is 340 g/mol. The van der Waals surface area contributed by atoms with E-state index in [0.29, 0.717) is 37.7 Å². The van der Waals surface area contributed by atoms with E-state index < -0.39 is 10.0 Å². The highest BCUT2D eigenvalue weighted by atomic mass is 32.2. The number of benzene rings is 1. The summed E-state index contributed by atoms with van der Waals surface area (Å²) < 4.78 is 34.0. The highest BCUT2D eigenvalue weighted by Crippen LogP contribution is 2.19. The smallest absolute Gasteiger partial charge is 0.243 e. The van der Waals surface area contributed by atoms with Gasteiger partial charge in [-0.3, -0.25) is 4.68 Å². The molecule has 0 spiro atoms. The Morgan fingerprint density at radius 3 is 2.72 bits per heavy atom. The maximum atomic E-state index is 12.7. The first-order chi connectivity index (χ1) is 12.0. The van der Waals surface area contributed by atoms with Crippen molar-refractivity contribution in [2.45, 2.75) is 24.4 Å². The Labute approximate surface area is 148 Å². The summed E-state index contributed by atoms with van der Waals surface area (Å²) in [7, 11) is -1.58. The molecule has 1 aliphatic heterocycles. The number of hydrogen-bond donors (Lipinski definition) is 1. The number of morpholine rings is 1. The molecule has 1 aliphatic rings. The van der Waals surface area contributed by atoms with Crippen LogP contribution < -0.4 is 5.32 Å². The third-order valence-corrected chi connectivity index (χ3v) is 6.19. The second-order valence-electron chi connectivity index (χ2n) is 6.18. The van der Waals surface area contributed by atoms with Crippen LogP contribution in [0.3, 0.4) is 0 Å². The molecule has 0 unspecified atom stereocenters. The molecule has 1 fully saturated rings. The van der Waals surface area contributed by atoms with Crippen LogP contribution in [0, 0.1) is 0 Å². The summed E-state index contributed by atoms with van der Waals surface area (Å²) in [6, 6.07) is 9.16. The second kappa shape index (κ2) is 7.65. The van der Waals surface area contributed by atoms with E-state index in [9.17, 15) is 8.42 Å². The molecule has 0 bridgehead atoms. The summed E-state index contributed by atoms with van der Waals surface area (Å²) in [6.45, 7) is 4.31. The normalized spacial score (nSPS) is 17.5. The van der Waals surface area contributed by atoms with Crippen molar-refractivity contribution in [3.63, 3.8) is 0 Å². The predicted octanol–water partition coefficient (Wildman–Crippen LogP) is 1.29. The molecule has 0 amide bonds. The third kappa shape index (κ3) is 4.27. The summed E-state index contributed by atoms with van der Waals surface area (Å²) in [5.74, 6) is 0. The van der Waals surface area contributed by atoms with Gasteiger partial charge in [-0.2, -0.15) is 9.40 Å². The van der Waals surface area contributed by atoms with Crippen molar-refractivity contribution in [2.24, 2.45) is 7.05 Å². The van der Waals surface area contributed by atoms with Crippen molar-refractivity contribution < 1.29 is 13.2 Å². The predicted molar refractivity (Wildman–Crippen MR) is 94.5 cm³/mol. The van der Waals surface area contributed by atoms with E-state index in [4.69, 9.17) is 4.74 Å². The Balaban J connectivity index is 1.68. The van der Waals surface area contributed by atoms with Gasteiger partial charge >= 0.3 is 0 Å². The van der Waals surface area contributed by atoms with Gasteiger partial charge in [-0.1, -0.05) is 12.1 Å². The molecule has 136 valence electrons. The topological polar surface area (TPSA) is 76.5 Å². The average molecular weight is 364 g/mol. The van der Waals surface area contributed by atoms with Crippen LogP contribution in [-0.2, 0) is 28.4 Å². The zero-order chi connectivity index (χ0) is 17.9. The maximum absolute atomic E-state index is 12.7. The van der Waals surface area contributed by atoms with Gasteiger partial charge in [0.1, 0.15) is 0 Å². The van der Waals surface area contributed by atoms with Gasteiger partial charge in [0.25, 0.3) is 0 Å². The minimum atomic E-state index is -3.46. The summed E-state index contributed by atoms with van der Waals surface area (Å²) in [5.41, 5.74) is 1.89. The van der Waals surface area contributed by atoms with Gasteiger partial charge in [-0.15, -0.1) is 0 Å². The van der Waals surface area contributed by atoms with Gasteiger partial charge in [0, 0.05) is 38.9 Å². The monoisotopic (exact) mass is 364 g/mol. The molecule has 8 heteroatoms.